The number of aromatic nitrogens is 2. The molecule has 3 rings (SSSR count). The fraction of sp³-hybridized carbons (Fsp3) is 0.273. The highest BCUT2D eigenvalue weighted by atomic mass is 19.4. The number of carbonyl (C=O) groups excluding carboxylic acids is 2. The van der Waals surface area contributed by atoms with E-state index < -0.39 is 11.7 Å². The first-order valence-corrected chi connectivity index (χ1v) is 9.76. The number of pyridine rings is 2. The van der Waals surface area contributed by atoms with Crippen LogP contribution in [0.5, 0.6) is 11.6 Å². The van der Waals surface area contributed by atoms with Crippen molar-refractivity contribution in [3.05, 3.63) is 59.9 Å². The van der Waals surface area contributed by atoms with Crippen molar-refractivity contribution in [2.45, 2.75) is 20.0 Å². The van der Waals surface area contributed by atoms with E-state index in [9.17, 15) is 22.8 Å². The minimum absolute atomic E-state index is 0.0229. The Kier molecular flexibility index (Phi) is 6.92. The molecule has 2 heterocycles. The number of hydrogen-bond acceptors (Lipinski definition) is 5. The monoisotopic (exact) mass is 446 g/mol. The largest absolute Gasteiger partial charge is 0.439 e. The van der Waals surface area contributed by atoms with E-state index in [0.717, 1.165) is 12.1 Å². The number of rotatable bonds is 7. The van der Waals surface area contributed by atoms with Crippen LogP contribution in [0.4, 0.5) is 13.2 Å². The number of hydrogen-bond donors (Lipinski definition) is 2. The zero-order chi connectivity index (χ0) is 23.3. The second kappa shape index (κ2) is 9.63. The van der Waals surface area contributed by atoms with Crippen molar-refractivity contribution >= 4 is 22.7 Å². The van der Waals surface area contributed by atoms with Crippen molar-refractivity contribution < 1.29 is 27.5 Å². The van der Waals surface area contributed by atoms with Crippen LogP contribution in [0.25, 0.3) is 10.9 Å². The van der Waals surface area contributed by atoms with Gasteiger partial charge in [-0.15, -0.1) is 0 Å². The maximum absolute atomic E-state index is 12.6. The van der Waals surface area contributed by atoms with Gasteiger partial charge in [0.15, 0.2) is 0 Å². The van der Waals surface area contributed by atoms with Gasteiger partial charge in [-0.05, 0) is 36.2 Å². The van der Waals surface area contributed by atoms with Crippen LogP contribution in [0.15, 0.2) is 48.7 Å². The van der Waals surface area contributed by atoms with Gasteiger partial charge in [-0.2, -0.15) is 13.2 Å². The van der Waals surface area contributed by atoms with Gasteiger partial charge in [-0.1, -0.05) is 13.0 Å². The predicted octanol–water partition coefficient (Wildman–Crippen LogP) is 3.94. The highest BCUT2D eigenvalue weighted by Crippen LogP contribution is 2.30. The quantitative estimate of drug-likeness (QED) is 0.574. The Morgan fingerprint density at radius 2 is 1.81 bits per heavy atom. The molecular formula is C22H21F3N4O3. The van der Waals surface area contributed by atoms with Gasteiger partial charge < -0.3 is 15.4 Å². The van der Waals surface area contributed by atoms with E-state index in [1.807, 2.05) is 6.92 Å². The maximum Gasteiger partial charge on any atom is 0.417 e. The fourth-order valence-electron chi connectivity index (χ4n) is 2.77. The van der Waals surface area contributed by atoms with Crippen molar-refractivity contribution in [2.24, 2.45) is 5.92 Å². The van der Waals surface area contributed by atoms with Crippen molar-refractivity contribution in [1.82, 2.24) is 20.6 Å². The predicted molar refractivity (Wildman–Crippen MR) is 111 cm³/mol. The summed E-state index contributed by atoms with van der Waals surface area (Å²) in [4.78, 5) is 31.3. The summed E-state index contributed by atoms with van der Waals surface area (Å²) in [6, 6.07) is 10.2. The lowest BCUT2D eigenvalue weighted by Crippen LogP contribution is -2.34. The Balaban J connectivity index is 1.64. The van der Waals surface area contributed by atoms with Gasteiger partial charge in [0.05, 0.1) is 11.1 Å². The van der Waals surface area contributed by atoms with Crippen molar-refractivity contribution in [3.63, 3.8) is 0 Å². The van der Waals surface area contributed by atoms with Gasteiger partial charge in [0.2, 0.25) is 11.8 Å². The molecule has 0 radical (unpaired) electrons. The van der Waals surface area contributed by atoms with Gasteiger partial charge in [0.25, 0.3) is 5.91 Å². The molecule has 0 saturated carbocycles. The van der Waals surface area contributed by atoms with E-state index in [4.69, 9.17) is 4.74 Å². The van der Waals surface area contributed by atoms with Crippen LogP contribution >= 0.6 is 0 Å². The third kappa shape index (κ3) is 6.16. The summed E-state index contributed by atoms with van der Waals surface area (Å²) >= 11 is 0. The lowest BCUT2D eigenvalue weighted by Gasteiger charge is -2.13. The molecule has 32 heavy (non-hydrogen) atoms. The summed E-state index contributed by atoms with van der Waals surface area (Å²) in [5, 5.41) is 6.16. The van der Waals surface area contributed by atoms with Gasteiger partial charge in [-0.25, -0.2) is 9.97 Å². The van der Waals surface area contributed by atoms with E-state index in [2.05, 4.69) is 20.6 Å². The second-order valence-electron chi connectivity index (χ2n) is 7.29. The SMILES string of the molecule is CC(=O)NCC(C)CNC(=O)c1ccc2cc(Oc3ccc(C(F)(F)F)cn3)ccc2n1. The van der Waals surface area contributed by atoms with Crippen molar-refractivity contribution in [1.29, 1.82) is 0 Å². The molecular weight excluding hydrogens is 425 g/mol. The number of halogens is 3. The Labute approximate surface area is 182 Å². The minimum atomic E-state index is -4.46. The molecule has 0 fully saturated rings. The molecule has 2 aromatic heterocycles. The number of alkyl halides is 3. The van der Waals surface area contributed by atoms with Crippen LogP contribution in [0, 0.1) is 5.92 Å². The summed E-state index contributed by atoms with van der Waals surface area (Å²) in [6.45, 7) is 4.17. The lowest BCUT2D eigenvalue weighted by atomic mass is 10.1. The molecule has 1 atom stereocenters. The average Bonchev–Trinajstić information content (AvgIpc) is 2.75. The molecule has 3 aromatic rings. The van der Waals surface area contributed by atoms with Gasteiger partial charge in [0, 0.05) is 37.7 Å². The first-order valence-electron chi connectivity index (χ1n) is 9.76. The molecule has 0 bridgehead atoms. The maximum atomic E-state index is 12.6. The molecule has 0 aliphatic rings. The van der Waals surface area contributed by atoms with Crippen LogP contribution in [-0.4, -0.2) is 34.9 Å². The van der Waals surface area contributed by atoms with Crippen molar-refractivity contribution in [2.75, 3.05) is 13.1 Å². The molecule has 2 N–H and O–H groups in total. The summed E-state index contributed by atoms with van der Waals surface area (Å²) in [5.74, 6) is -0.0141. The molecule has 168 valence electrons. The first-order chi connectivity index (χ1) is 15.1. The Morgan fingerprint density at radius 3 is 2.47 bits per heavy atom. The highest BCUT2D eigenvalue weighted by Gasteiger charge is 2.30. The van der Waals surface area contributed by atoms with E-state index >= 15 is 0 Å². The summed E-state index contributed by atoms with van der Waals surface area (Å²) in [7, 11) is 0. The van der Waals surface area contributed by atoms with Crippen LogP contribution in [0.1, 0.15) is 29.9 Å². The van der Waals surface area contributed by atoms with Gasteiger partial charge >= 0.3 is 6.18 Å². The van der Waals surface area contributed by atoms with Gasteiger partial charge in [-0.3, -0.25) is 9.59 Å². The number of benzene rings is 1. The molecule has 1 unspecified atom stereocenters. The van der Waals surface area contributed by atoms with E-state index in [1.54, 1.807) is 30.3 Å². The van der Waals surface area contributed by atoms with Crippen LogP contribution in [0.3, 0.4) is 0 Å². The van der Waals surface area contributed by atoms with Gasteiger partial charge in [0.1, 0.15) is 11.4 Å². The lowest BCUT2D eigenvalue weighted by molar-refractivity contribution is -0.137. The Bertz CT molecular complexity index is 1120. The highest BCUT2D eigenvalue weighted by molar-refractivity contribution is 5.95. The van der Waals surface area contributed by atoms with E-state index in [1.165, 1.54) is 6.92 Å². The number of carbonyl (C=O) groups is 2. The summed E-state index contributed by atoms with van der Waals surface area (Å²) in [5.41, 5.74) is -0.0677. The zero-order valence-electron chi connectivity index (χ0n) is 17.4. The zero-order valence-corrected chi connectivity index (χ0v) is 17.4. The average molecular weight is 446 g/mol. The van der Waals surface area contributed by atoms with Crippen LogP contribution < -0.4 is 15.4 Å². The molecule has 0 aliphatic heterocycles. The minimum Gasteiger partial charge on any atom is -0.439 e. The molecule has 10 heteroatoms. The van der Waals surface area contributed by atoms with Crippen LogP contribution in [-0.2, 0) is 11.0 Å². The molecule has 0 aliphatic carbocycles. The molecule has 1 aromatic carbocycles. The Morgan fingerprint density at radius 1 is 1.06 bits per heavy atom. The Hall–Kier alpha value is -3.69. The number of amides is 2. The third-order valence-corrected chi connectivity index (χ3v) is 4.49. The number of nitrogens with zero attached hydrogens (tertiary/aromatic N) is 2. The molecule has 0 saturated heterocycles. The molecule has 7 nitrogen and oxygen atoms in total. The normalized spacial score (nSPS) is 12.3. The van der Waals surface area contributed by atoms with E-state index in [0.29, 0.717) is 35.9 Å². The van der Waals surface area contributed by atoms with E-state index in [-0.39, 0.29) is 29.3 Å². The molecule has 0 spiro atoms. The number of nitrogens with one attached hydrogen (secondary N) is 2. The third-order valence-electron chi connectivity index (χ3n) is 4.49. The smallest absolute Gasteiger partial charge is 0.417 e. The fourth-order valence-corrected chi connectivity index (χ4v) is 2.77. The van der Waals surface area contributed by atoms with Crippen molar-refractivity contribution in [3.8, 4) is 11.6 Å². The summed E-state index contributed by atoms with van der Waals surface area (Å²) < 4.78 is 43.4. The topological polar surface area (TPSA) is 93.2 Å². The summed E-state index contributed by atoms with van der Waals surface area (Å²) in [6.07, 6.45) is -3.76. The standard InChI is InChI=1S/C22H21F3N4O3/c1-13(10-26-14(2)30)11-28-21(31)19-6-3-15-9-17(5-7-18(15)29-19)32-20-8-4-16(12-27-20)22(23,24)25/h3-9,12-13H,10-11H2,1-2H3,(H,26,30)(H,28,31). The first kappa shape index (κ1) is 23.0. The second-order valence-corrected chi connectivity index (χ2v) is 7.29. The number of ether oxygens (including phenoxy) is 1. The number of fused-ring (bicyclic) bond motifs is 1. The molecule has 2 amide bonds. The van der Waals surface area contributed by atoms with Crippen LogP contribution in [0.2, 0.25) is 0 Å².